The van der Waals surface area contributed by atoms with Crippen molar-refractivity contribution in [1.82, 2.24) is 9.97 Å². The van der Waals surface area contributed by atoms with Crippen LogP contribution >= 0.6 is 31.9 Å². The molecule has 0 saturated heterocycles. The zero-order valence-electron chi connectivity index (χ0n) is 12.4. The molecule has 0 unspecified atom stereocenters. The number of nitrogens with one attached hydrogen (secondary N) is 1. The van der Waals surface area contributed by atoms with E-state index < -0.39 is 0 Å². The van der Waals surface area contributed by atoms with E-state index in [1.54, 1.807) is 0 Å². The van der Waals surface area contributed by atoms with Gasteiger partial charge in [0.2, 0.25) is 5.88 Å². The Morgan fingerprint density at radius 2 is 1.90 bits per heavy atom. The number of hydrogen-bond donors (Lipinski definition) is 1. The summed E-state index contributed by atoms with van der Waals surface area (Å²) in [6.45, 7) is 6.06. The lowest BCUT2D eigenvalue weighted by Gasteiger charge is -2.15. The van der Waals surface area contributed by atoms with Crippen molar-refractivity contribution in [3.8, 4) is 11.6 Å². The van der Waals surface area contributed by atoms with E-state index in [2.05, 4.69) is 61.0 Å². The van der Waals surface area contributed by atoms with Gasteiger partial charge in [0.1, 0.15) is 17.4 Å². The summed E-state index contributed by atoms with van der Waals surface area (Å²) in [5.74, 6) is 3.07. The molecule has 0 amide bonds. The molecule has 1 aromatic carbocycles. The van der Waals surface area contributed by atoms with E-state index in [9.17, 15) is 0 Å². The monoisotopic (exact) mass is 413 g/mol. The molecule has 0 spiro atoms. The second-order valence-corrected chi connectivity index (χ2v) is 6.71. The largest absolute Gasteiger partial charge is 0.437 e. The van der Waals surface area contributed by atoms with Crippen LogP contribution in [0.4, 0.5) is 5.82 Å². The first kappa shape index (κ1) is 16.2. The van der Waals surface area contributed by atoms with Crippen LogP contribution in [0.1, 0.15) is 31.2 Å². The average Bonchev–Trinajstić information content (AvgIpc) is 2.43. The third-order valence-corrected chi connectivity index (χ3v) is 4.09. The lowest BCUT2D eigenvalue weighted by atomic mass is 10.2. The zero-order chi connectivity index (χ0) is 15.6. The summed E-state index contributed by atoms with van der Waals surface area (Å²) in [5.41, 5.74) is 0.886. The van der Waals surface area contributed by atoms with Crippen molar-refractivity contribution in [3.63, 3.8) is 0 Å². The van der Waals surface area contributed by atoms with Gasteiger partial charge in [-0.3, -0.25) is 0 Å². The molecule has 0 aliphatic rings. The molecular formula is C15H17Br2N3O. The number of nitrogens with zero attached hydrogens (tertiary/aromatic N) is 2. The van der Waals surface area contributed by atoms with Gasteiger partial charge in [0.25, 0.3) is 0 Å². The summed E-state index contributed by atoms with van der Waals surface area (Å²) in [5, 5.41) is 3.09. The van der Waals surface area contributed by atoms with Gasteiger partial charge in [0.05, 0.1) is 10.0 Å². The highest BCUT2D eigenvalue weighted by atomic mass is 79.9. The van der Waals surface area contributed by atoms with Crippen molar-refractivity contribution in [1.29, 1.82) is 0 Å². The van der Waals surface area contributed by atoms with Crippen molar-refractivity contribution in [2.75, 3.05) is 12.4 Å². The van der Waals surface area contributed by atoms with E-state index in [4.69, 9.17) is 4.74 Å². The maximum Gasteiger partial charge on any atom is 0.227 e. The molecule has 112 valence electrons. The molecule has 0 atom stereocenters. The van der Waals surface area contributed by atoms with Gasteiger partial charge in [-0.1, -0.05) is 29.8 Å². The molecule has 21 heavy (non-hydrogen) atoms. The number of rotatable bonds is 4. The Bertz CT molecular complexity index is 660. The standard InChI is InChI=1S/C15H17Br2N3O/c1-8(2)13-19-14(18-4)9(3)15(20-13)21-12-6-5-10(16)7-11(12)17/h5-8H,1-4H3,(H,18,19,20). The van der Waals surface area contributed by atoms with Gasteiger partial charge in [-0.2, -0.15) is 4.98 Å². The summed E-state index contributed by atoms with van der Waals surface area (Å²) >= 11 is 6.93. The molecular weight excluding hydrogens is 398 g/mol. The minimum atomic E-state index is 0.230. The Hall–Kier alpha value is -1.14. The van der Waals surface area contributed by atoms with Crippen LogP contribution in [0, 0.1) is 6.92 Å². The number of aromatic nitrogens is 2. The molecule has 0 saturated carbocycles. The van der Waals surface area contributed by atoms with Crippen LogP contribution in [0.3, 0.4) is 0 Å². The Kier molecular flexibility index (Phi) is 5.22. The first-order valence-electron chi connectivity index (χ1n) is 6.61. The molecule has 0 aliphatic heterocycles. The molecule has 1 heterocycles. The van der Waals surface area contributed by atoms with Gasteiger partial charge in [0.15, 0.2) is 0 Å². The fraction of sp³-hybridized carbons (Fsp3) is 0.333. The summed E-state index contributed by atoms with van der Waals surface area (Å²) in [7, 11) is 1.85. The van der Waals surface area contributed by atoms with Crippen LogP contribution in [0.5, 0.6) is 11.6 Å². The Morgan fingerprint density at radius 3 is 2.48 bits per heavy atom. The summed E-state index contributed by atoms with van der Waals surface area (Å²) in [6.07, 6.45) is 0. The molecule has 1 N–H and O–H groups in total. The van der Waals surface area contributed by atoms with Crippen molar-refractivity contribution < 1.29 is 4.74 Å². The third kappa shape index (κ3) is 3.74. The minimum absolute atomic E-state index is 0.230. The maximum atomic E-state index is 5.97. The zero-order valence-corrected chi connectivity index (χ0v) is 15.5. The molecule has 2 aromatic rings. The van der Waals surface area contributed by atoms with E-state index in [0.717, 1.165) is 31.9 Å². The van der Waals surface area contributed by atoms with Crippen LogP contribution in [-0.4, -0.2) is 17.0 Å². The lowest BCUT2D eigenvalue weighted by molar-refractivity contribution is 0.450. The molecule has 1 aromatic heterocycles. The number of anilines is 1. The second-order valence-electron chi connectivity index (χ2n) is 4.94. The molecule has 0 bridgehead atoms. The maximum absolute atomic E-state index is 5.97. The molecule has 0 fully saturated rings. The Morgan fingerprint density at radius 1 is 1.19 bits per heavy atom. The molecule has 4 nitrogen and oxygen atoms in total. The molecule has 2 rings (SSSR count). The van der Waals surface area contributed by atoms with Crippen LogP contribution in [0.25, 0.3) is 0 Å². The molecule has 0 radical (unpaired) electrons. The predicted octanol–water partition coefficient (Wildman–Crippen LogP) is 5.27. The van der Waals surface area contributed by atoms with Crippen LogP contribution in [0.2, 0.25) is 0 Å². The first-order valence-corrected chi connectivity index (χ1v) is 8.20. The first-order chi connectivity index (χ1) is 9.92. The SMILES string of the molecule is CNc1nc(C(C)C)nc(Oc2ccc(Br)cc2Br)c1C. The van der Waals surface area contributed by atoms with Crippen molar-refractivity contribution >= 4 is 37.7 Å². The van der Waals surface area contributed by atoms with E-state index in [-0.39, 0.29) is 5.92 Å². The van der Waals surface area contributed by atoms with E-state index >= 15 is 0 Å². The second kappa shape index (κ2) is 6.75. The third-order valence-electron chi connectivity index (χ3n) is 2.97. The Labute approximate surface area is 141 Å². The fourth-order valence-electron chi connectivity index (χ4n) is 1.78. The van der Waals surface area contributed by atoms with Crippen molar-refractivity contribution in [2.24, 2.45) is 0 Å². The van der Waals surface area contributed by atoms with Crippen molar-refractivity contribution in [3.05, 3.63) is 38.5 Å². The lowest BCUT2D eigenvalue weighted by Crippen LogP contribution is -2.06. The smallest absolute Gasteiger partial charge is 0.227 e. The summed E-state index contributed by atoms with van der Waals surface area (Å²) in [6, 6.07) is 5.76. The van der Waals surface area contributed by atoms with Gasteiger partial charge >= 0.3 is 0 Å². The summed E-state index contributed by atoms with van der Waals surface area (Å²) in [4.78, 5) is 9.04. The minimum Gasteiger partial charge on any atom is -0.437 e. The predicted molar refractivity (Wildman–Crippen MR) is 92.3 cm³/mol. The normalized spacial score (nSPS) is 10.8. The topological polar surface area (TPSA) is 47.0 Å². The van der Waals surface area contributed by atoms with Gasteiger partial charge in [-0.05, 0) is 41.1 Å². The fourth-order valence-corrected chi connectivity index (χ4v) is 2.90. The van der Waals surface area contributed by atoms with Gasteiger partial charge in [-0.25, -0.2) is 4.98 Å². The highest BCUT2D eigenvalue weighted by Gasteiger charge is 2.15. The highest BCUT2D eigenvalue weighted by Crippen LogP contribution is 2.34. The van der Waals surface area contributed by atoms with E-state index in [0.29, 0.717) is 5.88 Å². The summed E-state index contributed by atoms with van der Waals surface area (Å²) < 4.78 is 7.82. The van der Waals surface area contributed by atoms with Gasteiger partial charge in [-0.15, -0.1) is 0 Å². The van der Waals surface area contributed by atoms with Crippen LogP contribution < -0.4 is 10.1 Å². The number of halogens is 2. The van der Waals surface area contributed by atoms with Gasteiger partial charge < -0.3 is 10.1 Å². The quantitative estimate of drug-likeness (QED) is 0.740. The number of benzene rings is 1. The Balaban J connectivity index is 2.45. The highest BCUT2D eigenvalue weighted by molar-refractivity contribution is 9.11. The number of ether oxygens (including phenoxy) is 1. The van der Waals surface area contributed by atoms with E-state index in [1.165, 1.54) is 0 Å². The molecule has 6 heteroatoms. The molecule has 0 aliphatic carbocycles. The average molecular weight is 415 g/mol. The van der Waals surface area contributed by atoms with Crippen molar-refractivity contribution in [2.45, 2.75) is 26.7 Å². The van der Waals surface area contributed by atoms with E-state index in [1.807, 2.05) is 32.2 Å². The van der Waals surface area contributed by atoms with Gasteiger partial charge in [0, 0.05) is 17.4 Å². The number of hydrogen-bond acceptors (Lipinski definition) is 4. The van der Waals surface area contributed by atoms with Crippen LogP contribution in [-0.2, 0) is 0 Å². The van der Waals surface area contributed by atoms with Crippen LogP contribution in [0.15, 0.2) is 27.1 Å².